The molecule has 2 aromatic carbocycles. The first kappa shape index (κ1) is 19.5. The molecule has 0 aliphatic carbocycles. The first-order chi connectivity index (χ1) is 12.4. The lowest BCUT2D eigenvalue weighted by atomic mass is 10.1. The molecule has 138 valence electrons. The molecule has 0 saturated heterocycles. The van der Waals surface area contributed by atoms with Crippen LogP contribution >= 0.6 is 0 Å². The third-order valence-electron chi connectivity index (χ3n) is 4.38. The number of carbonyl (C=O) groups excluding carboxylic acids is 2. The van der Waals surface area contributed by atoms with Crippen LogP contribution in [-0.2, 0) is 9.53 Å². The van der Waals surface area contributed by atoms with Gasteiger partial charge in [-0.15, -0.1) is 0 Å². The summed E-state index contributed by atoms with van der Waals surface area (Å²) < 4.78 is 5.18. The summed E-state index contributed by atoms with van der Waals surface area (Å²) in [5.41, 5.74) is 4.25. The number of ether oxygens (including phenoxy) is 1. The summed E-state index contributed by atoms with van der Waals surface area (Å²) in [6.07, 6.45) is 0.822. The van der Waals surface area contributed by atoms with Gasteiger partial charge in [0.1, 0.15) is 0 Å². The molecule has 0 fully saturated rings. The lowest BCUT2D eigenvalue weighted by Gasteiger charge is -2.15. The molecule has 1 atom stereocenters. The maximum atomic E-state index is 12.4. The van der Waals surface area contributed by atoms with Gasteiger partial charge in [0.05, 0.1) is 11.3 Å². The van der Waals surface area contributed by atoms with Gasteiger partial charge in [0.15, 0.2) is 6.61 Å². The monoisotopic (exact) mass is 354 g/mol. The number of amides is 1. The predicted molar refractivity (Wildman–Crippen MR) is 104 cm³/mol. The van der Waals surface area contributed by atoms with Crippen molar-refractivity contribution in [3.05, 3.63) is 59.2 Å². The maximum absolute atomic E-state index is 12.4. The second-order valence-electron chi connectivity index (χ2n) is 6.37. The summed E-state index contributed by atoms with van der Waals surface area (Å²) in [6.45, 7) is 7.66. The van der Waals surface area contributed by atoms with E-state index in [9.17, 15) is 9.59 Å². The fraction of sp³-hybridized carbons (Fsp3) is 0.333. The molecule has 0 heterocycles. The molecular formula is C21H26N2O3. The smallest absolute Gasteiger partial charge is 0.340 e. The molecule has 0 aliphatic heterocycles. The largest absolute Gasteiger partial charge is 0.452 e. The molecule has 0 aromatic heterocycles. The zero-order valence-corrected chi connectivity index (χ0v) is 15.8. The van der Waals surface area contributed by atoms with Crippen LogP contribution in [0.3, 0.4) is 0 Å². The molecule has 0 aliphatic rings. The molecule has 1 amide bonds. The second kappa shape index (κ2) is 9.04. The van der Waals surface area contributed by atoms with E-state index in [1.54, 1.807) is 12.1 Å². The lowest BCUT2D eigenvalue weighted by molar-refractivity contribution is -0.124. The minimum Gasteiger partial charge on any atom is -0.452 e. The molecule has 5 heteroatoms. The van der Waals surface area contributed by atoms with Crippen LogP contribution in [0.1, 0.15) is 41.8 Å². The average molecular weight is 354 g/mol. The van der Waals surface area contributed by atoms with Crippen molar-refractivity contribution < 1.29 is 14.3 Å². The van der Waals surface area contributed by atoms with Crippen molar-refractivity contribution in [3.8, 4) is 0 Å². The Morgan fingerprint density at radius 1 is 1.04 bits per heavy atom. The van der Waals surface area contributed by atoms with Gasteiger partial charge < -0.3 is 15.4 Å². The molecule has 0 radical (unpaired) electrons. The molecule has 5 nitrogen and oxygen atoms in total. The van der Waals surface area contributed by atoms with E-state index >= 15 is 0 Å². The highest BCUT2D eigenvalue weighted by Gasteiger charge is 2.15. The maximum Gasteiger partial charge on any atom is 0.340 e. The topological polar surface area (TPSA) is 67.4 Å². The van der Waals surface area contributed by atoms with Gasteiger partial charge in [0.25, 0.3) is 5.91 Å². The molecule has 0 bridgehead atoms. The Labute approximate surface area is 154 Å². The fourth-order valence-electron chi connectivity index (χ4n) is 2.43. The van der Waals surface area contributed by atoms with Crippen LogP contribution in [0.4, 0.5) is 11.4 Å². The number of carbonyl (C=O) groups is 2. The number of hydrogen-bond acceptors (Lipinski definition) is 4. The summed E-state index contributed by atoms with van der Waals surface area (Å²) in [4.78, 5) is 24.2. The molecule has 0 saturated carbocycles. The van der Waals surface area contributed by atoms with Gasteiger partial charge in [0, 0.05) is 11.7 Å². The van der Waals surface area contributed by atoms with Crippen molar-refractivity contribution >= 4 is 23.3 Å². The number of esters is 1. The first-order valence-electron chi connectivity index (χ1n) is 8.81. The Morgan fingerprint density at radius 2 is 1.73 bits per heavy atom. The third-order valence-corrected chi connectivity index (χ3v) is 4.38. The van der Waals surface area contributed by atoms with Gasteiger partial charge >= 0.3 is 5.97 Å². The second-order valence-corrected chi connectivity index (χ2v) is 6.37. The van der Waals surface area contributed by atoms with Gasteiger partial charge in [-0.25, -0.2) is 4.79 Å². The van der Waals surface area contributed by atoms with Crippen LogP contribution in [0.2, 0.25) is 0 Å². The molecule has 26 heavy (non-hydrogen) atoms. The van der Waals surface area contributed by atoms with Crippen molar-refractivity contribution in [2.45, 2.75) is 40.2 Å². The zero-order valence-electron chi connectivity index (χ0n) is 15.8. The van der Waals surface area contributed by atoms with Crippen molar-refractivity contribution in [1.29, 1.82) is 0 Å². The van der Waals surface area contributed by atoms with Gasteiger partial charge in [-0.05, 0) is 56.5 Å². The lowest BCUT2D eigenvalue weighted by Crippen LogP contribution is -2.35. The number of para-hydroxylation sites is 1. The van der Waals surface area contributed by atoms with Gasteiger partial charge in [0.2, 0.25) is 0 Å². The Hall–Kier alpha value is -2.82. The summed E-state index contributed by atoms with van der Waals surface area (Å²) in [5, 5.41) is 6.06. The van der Waals surface area contributed by atoms with E-state index in [-0.39, 0.29) is 18.6 Å². The molecular weight excluding hydrogens is 328 g/mol. The molecule has 1 unspecified atom stereocenters. The summed E-state index contributed by atoms with van der Waals surface area (Å²) in [5.74, 6) is -0.828. The Kier molecular flexibility index (Phi) is 6.78. The highest BCUT2D eigenvalue weighted by Crippen LogP contribution is 2.25. The SMILES string of the molecule is CCC(C)NC(=O)COC(=O)c1ccccc1Nc1cccc(C)c1C. The average Bonchev–Trinajstić information content (AvgIpc) is 2.63. The van der Waals surface area contributed by atoms with Crippen LogP contribution in [0.5, 0.6) is 0 Å². The summed E-state index contributed by atoms with van der Waals surface area (Å²) in [7, 11) is 0. The van der Waals surface area contributed by atoms with E-state index in [1.165, 1.54) is 0 Å². The van der Waals surface area contributed by atoms with Gasteiger partial charge in [-0.1, -0.05) is 31.2 Å². The van der Waals surface area contributed by atoms with E-state index < -0.39 is 5.97 Å². The van der Waals surface area contributed by atoms with Crippen molar-refractivity contribution in [2.75, 3.05) is 11.9 Å². The summed E-state index contributed by atoms with van der Waals surface area (Å²) >= 11 is 0. The fourth-order valence-corrected chi connectivity index (χ4v) is 2.43. The highest BCUT2D eigenvalue weighted by molar-refractivity contribution is 5.97. The molecule has 2 rings (SSSR count). The van der Waals surface area contributed by atoms with Gasteiger partial charge in [-0.2, -0.15) is 0 Å². The Bertz CT molecular complexity index is 787. The van der Waals surface area contributed by atoms with E-state index in [2.05, 4.69) is 10.6 Å². The van der Waals surface area contributed by atoms with Crippen LogP contribution in [0, 0.1) is 13.8 Å². The number of hydrogen-bond donors (Lipinski definition) is 2. The van der Waals surface area contributed by atoms with E-state index in [0.717, 1.165) is 23.2 Å². The number of nitrogens with one attached hydrogen (secondary N) is 2. The van der Waals surface area contributed by atoms with E-state index in [0.29, 0.717) is 11.3 Å². The van der Waals surface area contributed by atoms with Gasteiger partial charge in [-0.3, -0.25) is 4.79 Å². The predicted octanol–water partition coefficient (Wildman–Crippen LogP) is 4.12. The van der Waals surface area contributed by atoms with Crippen molar-refractivity contribution in [2.24, 2.45) is 0 Å². The van der Waals surface area contributed by atoms with E-state index in [1.807, 2.05) is 58.0 Å². The number of benzene rings is 2. The standard InChI is InChI=1S/C21H26N2O3/c1-5-15(3)22-20(24)13-26-21(25)17-10-6-7-11-19(17)23-18-12-8-9-14(2)16(18)4/h6-12,15,23H,5,13H2,1-4H3,(H,22,24). The highest BCUT2D eigenvalue weighted by atomic mass is 16.5. The van der Waals surface area contributed by atoms with Crippen LogP contribution in [-0.4, -0.2) is 24.5 Å². The molecule has 0 spiro atoms. The quantitative estimate of drug-likeness (QED) is 0.734. The van der Waals surface area contributed by atoms with Crippen LogP contribution in [0.15, 0.2) is 42.5 Å². The molecule has 2 N–H and O–H groups in total. The minimum atomic E-state index is -0.530. The minimum absolute atomic E-state index is 0.0550. The summed E-state index contributed by atoms with van der Waals surface area (Å²) in [6, 6.07) is 13.1. The Balaban J connectivity index is 2.09. The van der Waals surface area contributed by atoms with Crippen molar-refractivity contribution in [1.82, 2.24) is 5.32 Å². The van der Waals surface area contributed by atoms with Crippen LogP contribution < -0.4 is 10.6 Å². The molecule has 2 aromatic rings. The normalized spacial score (nSPS) is 11.5. The first-order valence-corrected chi connectivity index (χ1v) is 8.81. The number of anilines is 2. The Morgan fingerprint density at radius 3 is 2.46 bits per heavy atom. The number of aryl methyl sites for hydroxylation is 1. The van der Waals surface area contributed by atoms with Crippen LogP contribution in [0.25, 0.3) is 0 Å². The zero-order chi connectivity index (χ0) is 19.1. The third kappa shape index (κ3) is 5.09. The number of rotatable bonds is 7. The van der Waals surface area contributed by atoms with E-state index in [4.69, 9.17) is 4.74 Å². The van der Waals surface area contributed by atoms with Crippen molar-refractivity contribution in [3.63, 3.8) is 0 Å².